The minimum absolute atomic E-state index is 0.0658. The molecule has 0 radical (unpaired) electrons. The van der Waals surface area contributed by atoms with Crippen LogP contribution >= 0.6 is 43.6 Å². The van der Waals surface area contributed by atoms with Crippen molar-refractivity contribution in [3.8, 4) is 5.75 Å². The quantitative estimate of drug-likeness (QED) is 0.202. The maximum absolute atomic E-state index is 13.9. The van der Waals surface area contributed by atoms with E-state index in [-0.39, 0.29) is 30.1 Å². The molecular weight excluding hydrogens is 609 g/mol. The SMILES string of the molecule is O=C1S/C(=C\c2cc(Br)c(OCc3ccccc3F)c(Br)c2)C(=O)N1Cc1cccc2ccccc12. The number of carbonyl (C=O) groups excluding carboxylic acids is 2. The van der Waals surface area contributed by atoms with E-state index in [0.717, 1.165) is 28.1 Å². The molecule has 1 aliphatic heterocycles. The van der Waals surface area contributed by atoms with E-state index in [1.807, 2.05) is 42.5 Å². The van der Waals surface area contributed by atoms with Gasteiger partial charge in [-0.15, -0.1) is 0 Å². The van der Waals surface area contributed by atoms with E-state index in [9.17, 15) is 14.0 Å². The lowest BCUT2D eigenvalue weighted by molar-refractivity contribution is -0.123. The van der Waals surface area contributed by atoms with Crippen LogP contribution in [0.15, 0.2) is 92.7 Å². The van der Waals surface area contributed by atoms with Gasteiger partial charge in [-0.1, -0.05) is 60.7 Å². The summed E-state index contributed by atoms with van der Waals surface area (Å²) < 4.78 is 21.0. The molecule has 0 aromatic heterocycles. The molecule has 1 fully saturated rings. The summed E-state index contributed by atoms with van der Waals surface area (Å²) in [5, 5.41) is 1.77. The van der Waals surface area contributed by atoms with Gasteiger partial charge in [-0.05, 0) is 89.8 Å². The number of carbonyl (C=O) groups is 2. The summed E-state index contributed by atoms with van der Waals surface area (Å²) in [6.07, 6.45) is 1.68. The van der Waals surface area contributed by atoms with Gasteiger partial charge >= 0.3 is 0 Å². The average Bonchev–Trinajstić information content (AvgIpc) is 3.12. The summed E-state index contributed by atoms with van der Waals surface area (Å²) in [6.45, 7) is 0.274. The van der Waals surface area contributed by atoms with Crippen LogP contribution in [-0.2, 0) is 17.9 Å². The van der Waals surface area contributed by atoms with E-state index in [2.05, 4.69) is 31.9 Å². The fraction of sp³-hybridized carbons (Fsp3) is 0.0714. The lowest BCUT2D eigenvalue weighted by atomic mass is 10.0. The minimum Gasteiger partial charge on any atom is -0.486 e. The second-order valence-corrected chi connectivity index (χ2v) is 10.8. The highest BCUT2D eigenvalue weighted by Gasteiger charge is 2.35. The number of benzene rings is 4. The molecule has 0 N–H and O–H groups in total. The Kier molecular flexibility index (Phi) is 7.27. The second kappa shape index (κ2) is 10.6. The summed E-state index contributed by atoms with van der Waals surface area (Å²) in [4.78, 5) is 27.5. The molecule has 0 spiro atoms. The molecule has 4 nitrogen and oxygen atoms in total. The lowest BCUT2D eigenvalue weighted by Crippen LogP contribution is -2.27. The fourth-order valence-electron chi connectivity index (χ4n) is 3.95. The summed E-state index contributed by atoms with van der Waals surface area (Å²) in [6, 6.07) is 23.8. The van der Waals surface area contributed by atoms with Crippen LogP contribution in [0.1, 0.15) is 16.7 Å². The van der Waals surface area contributed by atoms with Crippen LogP contribution in [0.3, 0.4) is 0 Å². The molecule has 180 valence electrons. The number of rotatable bonds is 6. The first-order valence-electron chi connectivity index (χ1n) is 11.0. The van der Waals surface area contributed by atoms with Gasteiger partial charge in [0.05, 0.1) is 20.4 Å². The number of hydrogen-bond acceptors (Lipinski definition) is 4. The van der Waals surface area contributed by atoms with Gasteiger partial charge in [0.15, 0.2) is 0 Å². The molecule has 0 aliphatic carbocycles. The smallest absolute Gasteiger partial charge is 0.293 e. The highest BCUT2D eigenvalue weighted by molar-refractivity contribution is 9.11. The van der Waals surface area contributed by atoms with Crippen LogP contribution in [0.4, 0.5) is 9.18 Å². The zero-order valence-corrected chi connectivity index (χ0v) is 22.7. The van der Waals surface area contributed by atoms with Crippen molar-refractivity contribution in [3.63, 3.8) is 0 Å². The number of ether oxygens (including phenoxy) is 1. The molecule has 0 atom stereocenters. The number of nitrogens with zero attached hydrogens (tertiary/aromatic N) is 1. The van der Waals surface area contributed by atoms with Gasteiger partial charge in [0.1, 0.15) is 18.2 Å². The Bertz CT molecular complexity index is 1510. The highest BCUT2D eigenvalue weighted by atomic mass is 79.9. The van der Waals surface area contributed by atoms with Crippen molar-refractivity contribution in [2.75, 3.05) is 0 Å². The van der Waals surface area contributed by atoms with Gasteiger partial charge in [0.2, 0.25) is 0 Å². The molecule has 1 aliphatic rings. The number of imide groups is 1. The largest absolute Gasteiger partial charge is 0.486 e. The standard InChI is InChI=1S/C28H18Br2FNO3S/c29-22-12-17(13-23(30)26(22)35-16-20-7-2-4-11-24(20)31)14-25-27(33)32(28(34)36-25)15-19-9-5-8-18-6-1-3-10-21(18)19/h1-14H,15-16H2/b25-14-. The molecule has 0 unspecified atom stereocenters. The highest BCUT2D eigenvalue weighted by Crippen LogP contribution is 2.38. The Balaban J connectivity index is 1.35. The predicted molar refractivity (Wildman–Crippen MR) is 148 cm³/mol. The Morgan fingerprint density at radius 2 is 1.56 bits per heavy atom. The zero-order chi connectivity index (χ0) is 25.2. The molecule has 0 saturated carbocycles. The second-order valence-electron chi connectivity index (χ2n) is 8.10. The summed E-state index contributed by atoms with van der Waals surface area (Å²) >= 11 is 7.92. The Labute approximate surface area is 228 Å². The normalized spacial score (nSPS) is 14.8. The Morgan fingerprint density at radius 1 is 0.889 bits per heavy atom. The minimum atomic E-state index is -0.333. The molecule has 1 heterocycles. The molecule has 4 aromatic carbocycles. The molecule has 4 aromatic rings. The zero-order valence-electron chi connectivity index (χ0n) is 18.7. The molecule has 5 rings (SSSR count). The number of halogens is 3. The third-order valence-corrected chi connectivity index (χ3v) is 7.82. The van der Waals surface area contributed by atoms with Crippen molar-refractivity contribution in [2.45, 2.75) is 13.2 Å². The maximum Gasteiger partial charge on any atom is 0.293 e. The Hall–Kier alpha value is -2.94. The first-order chi connectivity index (χ1) is 17.4. The van der Waals surface area contributed by atoms with Crippen LogP contribution in [0.2, 0.25) is 0 Å². The van der Waals surface area contributed by atoms with Crippen molar-refractivity contribution in [3.05, 3.63) is 115 Å². The third-order valence-electron chi connectivity index (χ3n) is 5.73. The monoisotopic (exact) mass is 625 g/mol. The van der Waals surface area contributed by atoms with Crippen molar-refractivity contribution >= 4 is 71.6 Å². The van der Waals surface area contributed by atoms with Gasteiger partial charge in [-0.3, -0.25) is 14.5 Å². The van der Waals surface area contributed by atoms with E-state index in [1.165, 1.54) is 11.0 Å². The van der Waals surface area contributed by atoms with Crippen LogP contribution < -0.4 is 4.74 Å². The van der Waals surface area contributed by atoms with Crippen molar-refractivity contribution in [1.82, 2.24) is 4.90 Å². The van der Waals surface area contributed by atoms with Crippen LogP contribution in [-0.4, -0.2) is 16.0 Å². The van der Waals surface area contributed by atoms with E-state index in [4.69, 9.17) is 4.74 Å². The number of thioether (sulfide) groups is 1. The molecule has 0 bridgehead atoms. The average molecular weight is 627 g/mol. The maximum atomic E-state index is 13.9. The van der Waals surface area contributed by atoms with Crippen LogP contribution in [0.25, 0.3) is 16.8 Å². The van der Waals surface area contributed by atoms with Gasteiger partial charge in [-0.2, -0.15) is 0 Å². The van der Waals surface area contributed by atoms with E-state index in [0.29, 0.717) is 30.7 Å². The van der Waals surface area contributed by atoms with E-state index < -0.39 is 0 Å². The number of amides is 2. The summed E-state index contributed by atoms with van der Waals surface area (Å²) in [5.41, 5.74) is 2.07. The predicted octanol–water partition coefficient (Wildman–Crippen LogP) is 8.32. The van der Waals surface area contributed by atoms with Crippen molar-refractivity contribution in [1.29, 1.82) is 0 Å². The molecule has 8 heteroatoms. The third kappa shape index (κ3) is 5.12. The lowest BCUT2D eigenvalue weighted by Gasteiger charge is -2.14. The first kappa shape index (κ1) is 24.7. The summed E-state index contributed by atoms with van der Waals surface area (Å²) in [7, 11) is 0. The summed E-state index contributed by atoms with van der Waals surface area (Å²) in [5.74, 6) is -0.148. The van der Waals surface area contributed by atoms with Gasteiger partial charge in [0.25, 0.3) is 11.1 Å². The van der Waals surface area contributed by atoms with Gasteiger partial charge < -0.3 is 4.74 Å². The Morgan fingerprint density at radius 3 is 2.33 bits per heavy atom. The topological polar surface area (TPSA) is 46.6 Å². The first-order valence-corrected chi connectivity index (χ1v) is 13.4. The van der Waals surface area contributed by atoms with Gasteiger partial charge in [-0.25, -0.2) is 4.39 Å². The molecular formula is C28H18Br2FNO3S. The fourth-order valence-corrected chi connectivity index (χ4v) is 6.24. The molecule has 2 amide bonds. The number of fused-ring (bicyclic) bond motifs is 1. The molecule has 1 saturated heterocycles. The van der Waals surface area contributed by atoms with Gasteiger partial charge in [0, 0.05) is 5.56 Å². The van der Waals surface area contributed by atoms with E-state index in [1.54, 1.807) is 36.4 Å². The van der Waals surface area contributed by atoms with Crippen LogP contribution in [0.5, 0.6) is 5.75 Å². The van der Waals surface area contributed by atoms with E-state index >= 15 is 0 Å². The van der Waals surface area contributed by atoms with Crippen LogP contribution in [0, 0.1) is 5.82 Å². The van der Waals surface area contributed by atoms with Crippen molar-refractivity contribution < 1.29 is 18.7 Å². The van der Waals surface area contributed by atoms with Crippen molar-refractivity contribution in [2.24, 2.45) is 0 Å². The number of hydrogen-bond donors (Lipinski definition) is 0. The molecule has 36 heavy (non-hydrogen) atoms.